The Bertz CT molecular complexity index is 1700. The van der Waals surface area contributed by atoms with E-state index in [2.05, 4.69) is 142 Å². The summed E-state index contributed by atoms with van der Waals surface area (Å²) in [5.41, 5.74) is 0. The van der Waals surface area contributed by atoms with E-state index in [1.807, 2.05) is 0 Å². The second-order valence-corrected chi connectivity index (χ2v) is 23.1. The Kier molecular flexibility index (Phi) is 66.7. The Labute approximate surface area is 513 Å². The predicted octanol–water partition coefficient (Wildman–Crippen LogP) is 24.3. The third-order valence-electron chi connectivity index (χ3n) is 14.9. The van der Waals surface area contributed by atoms with Crippen LogP contribution in [-0.2, 0) is 28.6 Å². The van der Waals surface area contributed by atoms with E-state index in [0.717, 1.165) is 141 Å². The fourth-order valence-corrected chi connectivity index (χ4v) is 9.69. The van der Waals surface area contributed by atoms with Crippen LogP contribution >= 0.6 is 0 Å². The zero-order valence-corrected chi connectivity index (χ0v) is 54.4. The Morgan fingerprint density at radius 1 is 0.253 bits per heavy atom. The molecule has 0 heterocycles. The van der Waals surface area contributed by atoms with Gasteiger partial charge in [0, 0.05) is 19.3 Å². The second-order valence-electron chi connectivity index (χ2n) is 23.1. The maximum atomic E-state index is 12.9. The predicted molar refractivity (Wildman–Crippen MR) is 362 cm³/mol. The fraction of sp³-hybridized carbons (Fsp3) is 0.701. The molecule has 0 saturated carbocycles. The summed E-state index contributed by atoms with van der Waals surface area (Å²) in [7, 11) is 0. The minimum absolute atomic E-state index is 0.0970. The van der Waals surface area contributed by atoms with E-state index < -0.39 is 6.10 Å². The van der Waals surface area contributed by atoms with Crippen LogP contribution in [0.1, 0.15) is 329 Å². The summed E-state index contributed by atoms with van der Waals surface area (Å²) in [6.45, 7) is 6.45. The van der Waals surface area contributed by atoms with Gasteiger partial charge in [-0.25, -0.2) is 0 Å². The number of unbranched alkanes of at least 4 members (excludes halogenated alkanes) is 32. The molecule has 0 aliphatic rings. The molecule has 474 valence electrons. The molecule has 0 rings (SSSR count). The number of hydrogen-bond acceptors (Lipinski definition) is 6. The standard InChI is InChI=1S/C77H130O6/c1-4-7-10-13-16-19-22-25-27-29-31-33-35-37-38-40-41-43-45-47-49-52-55-58-61-64-67-70-76(79)82-73-74(72-81-75(78)69-66-63-60-57-54-51-24-21-18-15-12-9-6-3)83-77(80)71-68-65-62-59-56-53-50-48-46-44-42-39-36-34-32-30-28-26-23-20-17-14-11-8-5-2/h8,11-12,15,17,20-21,24,26,28-29,31-32,34,39,42,46,48,53,56,74H,4-7,9-10,13-14,16,18-19,22-23,25,27,30,33,35-38,40-41,43-45,47,49-52,54-55,57-73H2,1-3H3/b11-8-,15-12-,20-17-,24-21-,28-26-,31-29-,34-32-,42-39-,48-46-,56-53-. The van der Waals surface area contributed by atoms with Gasteiger partial charge in [0.25, 0.3) is 0 Å². The highest BCUT2D eigenvalue weighted by atomic mass is 16.6. The van der Waals surface area contributed by atoms with Crippen molar-refractivity contribution in [1.82, 2.24) is 0 Å². The van der Waals surface area contributed by atoms with Crippen LogP contribution < -0.4 is 0 Å². The molecule has 0 aromatic rings. The summed E-state index contributed by atoms with van der Waals surface area (Å²) < 4.78 is 16.9. The van der Waals surface area contributed by atoms with Crippen molar-refractivity contribution in [3.8, 4) is 0 Å². The minimum atomic E-state index is -0.806. The second kappa shape index (κ2) is 70.3. The molecule has 6 heteroatoms. The maximum absolute atomic E-state index is 12.9. The molecule has 0 aliphatic carbocycles. The molecule has 0 N–H and O–H groups in total. The van der Waals surface area contributed by atoms with Gasteiger partial charge in [0.1, 0.15) is 13.2 Å². The zero-order chi connectivity index (χ0) is 59.9. The molecule has 1 atom stereocenters. The molecule has 0 amide bonds. The number of allylic oxidation sites excluding steroid dienone is 20. The van der Waals surface area contributed by atoms with Crippen molar-refractivity contribution in [3.63, 3.8) is 0 Å². The first-order valence-electron chi connectivity index (χ1n) is 35.0. The van der Waals surface area contributed by atoms with Crippen LogP contribution in [0.5, 0.6) is 0 Å². The number of rotatable bonds is 63. The average molecular weight is 1150 g/mol. The van der Waals surface area contributed by atoms with Gasteiger partial charge in [-0.3, -0.25) is 14.4 Å². The number of carbonyl (C=O) groups excluding carboxylic acids is 3. The summed E-state index contributed by atoms with van der Waals surface area (Å²) in [4.78, 5) is 38.4. The van der Waals surface area contributed by atoms with Crippen molar-refractivity contribution < 1.29 is 28.6 Å². The van der Waals surface area contributed by atoms with Gasteiger partial charge >= 0.3 is 17.9 Å². The molecule has 0 aromatic carbocycles. The Morgan fingerprint density at radius 2 is 0.494 bits per heavy atom. The van der Waals surface area contributed by atoms with E-state index in [1.54, 1.807) is 0 Å². The van der Waals surface area contributed by atoms with Crippen LogP contribution in [0.4, 0.5) is 0 Å². The van der Waals surface area contributed by atoms with Crippen molar-refractivity contribution in [2.75, 3.05) is 13.2 Å². The highest BCUT2D eigenvalue weighted by Crippen LogP contribution is 2.17. The molecular weight excluding hydrogens is 1020 g/mol. The molecule has 0 aromatic heterocycles. The molecule has 0 spiro atoms. The minimum Gasteiger partial charge on any atom is -0.462 e. The first kappa shape index (κ1) is 78.8. The highest BCUT2D eigenvalue weighted by molar-refractivity contribution is 5.71. The van der Waals surface area contributed by atoms with Crippen molar-refractivity contribution in [2.45, 2.75) is 335 Å². The monoisotopic (exact) mass is 1150 g/mol. The van der Waals surface area contributed by atoms with Gasteiger partial charge in [0.2, 0.25) is 0 Å². The lowest BCUT2D eigenvalue weighted by atomic mass is 10.0. The largest absolute Gasteiger partial charge is 0.462 e. The summed E-state index contributed by atoms with van der Waals surface area (Å²) in [5, 5.41) is 0. The maximum Gasteiger partial charge on any atom is 0.306 e. The van der Waals surface area contributed by atoms with Gasteiger partial charge in [0.15, 0.2) is 6.10 Å². The third kappa shape index (κ3) is 68.5. The lowest BCUT2D eigenvalue weighted by molar-refractivity contribution is -0.167. The molecule has 0 radical (unpaired) electrons. The van der Waals surface area contributed by atoms with Crippen LogP contribution in [0, 0.1) is 0 Å². The van der Waals surface area contributed by atoms with E-state index in [9.17, 15) is 14.4 Å². The van der Waals surface area contributed by atoms with Crippen molar-refractivity contribution >= 4 is 17.9 Å². The van der Waals surface area contributed by atoms with Gasteiger partial charge in [-0.2, -0.15) is 0 Å². The van der Waals surface area contributed by atoms with E-state index in [0.29, 0.717) is 12.8 Å². The Hall–Kier alpha value is -4.19. The molecule has 1 unspecified atom stereocenters. The number of ether oxygens (including phenoxy) is 3. The third-order valence-corrected chi connectivity index (χ3v) is 14.9. The van der Waals surface area contributed by atoms with Crippen LogP contribution in [0.25, 0.3) is 0 Å². The molecule has 6 nitrogen and oxygen atoms in total. The quantitative estimate of drug-likeness (QED) is 0.0261. The Morgan fingerprint density at radius 3 is 0.807 bits per heavy atom. The van der Waals surface area contributed by atoms with Crippen molar-refractivity contribution in [1.29, 1.82) is 0 Å². The van der Waals surface area contributed by atoms with E-state index in [-0.39, 0.29) is 37.5 Å². The van der Waals surface area contributed by atoms with Crippen LogP contribution in [-0.4, -0.2) is 37.2 Å². The fourth-order valence-electron chi connectivity index (χ4n) is 9.69. The zero-order valence-electron chi connectivity index (χ0n) is 54.4. The summed E-state index contributed by atoms with van der Waals surface area (Å²) >= 11 is 0. The van der Waals surface area contributed by atoms with Crippen molar-refractivity contribution in [3.05, 3.63) is 122 Å². The number of hydrogen-bond donors (Lipinski definition) is 0. The molecule has 0 fully saturated rings. The van der Waals surface area contributed by atoms with Gasteiger partial charge in [-0.1, -0.05) is 303 Å². The van der Waals surface area contributed by atoms with Crippen LogP contribution in [0.3, 0.4) is 0 Å². The van der Waals surface area contributed by atoms with Gasteiger partial charge in [0.05, 0.1) is 0 Å². The van der Waals surface area contributed by atoms with Crippen LogP contribution in [0.15, 0.2) is 122 Å². The molecule has 0 saturated heterocycles. The molecule has 83 heavy (non-hydrogen) atoms. The number of esters is 3. The summed E-state index contributed by atoms with van der Waals surface area (Å²) in [5.74, 6) is -0.937. The van der Waals surface area contributed by atoms with Gasteiger partial charge in [-0.15, -0.1) is 0 Å². The highest BCUT2D eigenvalue weighted by Gasteiger charge is 2.19. The topological polar surface area (TPSA) is 78.9 Å². The van der Waals surface area contributed by atoms with E-state index in [4.69, 9.17) is 14.2 Å². The smallest absolute Gasteiger partial charge is 0.306 e. The van der Waals surface area contributed by atoms with Crippen LogP contribution in [0.2, 0.25) is 0 Å². The molecular formula is C77H130O6. The SMILES string of the molecule is CC/C=C\C/C=C\C/C=C\C/C=C\C/C=C\C/C=C\C/C=C\CCCCCC(=O)OC(COC(=O)CCCCCCC/C=C\C/C=C\CCC)COC(=O)CCCCCCCCCCCCCCCCC/C=C\CCCCCCCCCC. The first-order valence-corrected chi connectivity index (χ1v) is 35.0. The molecule has 0 aliphatic heterocycles. The lowest BCUT2D eigenvalue weighted by Gasteiger charge is -2.18. The first-order chi connectivity index (χ1) is 41.0. The average Bonchev–Trinajstić information content (AvgIpc) is 3.49. The van der Waals surface area contributed by atoms with Gasteiger partial charge in [-0.05, 0) is 128 Å². The van der Waals surface area contributed by atoms with E-state index in [1.165, 1.54) is 148 Å². The summed E-state index contributed by atoms with van der Waals surface area (Å²) in [6.07, 6.45) is 98.0. The van der Waals surface area contributed by atoms with Crippen molar-refractivity contribution in [2.24, 2.45) is 0 Å². The molecule has 0 bridgehead atoms. The van der Waals surface area contributed by atoms with Gasteiger partial charge < -0.3 is 14.2 Å². The van der Waals surface area contributed by atoms with E-state index >= 15 is 0 Å². The Balaban J connectivity index is 4.35. The number of carbonyl (C=O) groups is 3. The normalized spacial score (nSPS) is 12.9. The summed E-state index contributed by atoms with van der Waals surface area (Å²) in [6, 6.07) is 0. The lowest BCUT2D eigenvalue weighted by Crippen LogP contribution is -2.30.